The molecule has 0 amide bonds. The number of halogens is 8. The Labute approximate surface area is 88.0 Å². The van der Waals surface area contributed by atoms with Crippen LogP contribution in [0.15, 0.2) is 0 Å². The lowest BCUT2D eigenvalue weighted by molar-refractivity contribution is -0.285. The lowest BCUT2D eigenvalue weighted by Crippen LogP contribution is -2.51. The minimum atomic E-state index is -5.66. The monoisotopic (exact) mass is 336 g/mol. The molecule has 14 heavy (non-hydrogen) atoms. The molecule has 1 saturated carbocycles. The van der Waals surface area contributed by atoms with E-state index >= 15 is 0 Å². The highest BCUT2D eigenvalue weighted by atomic mass is 127. The van der Waals surface area contributed by atoms with Crippen LogP contribution in [-0.2, 0) is 0 Å². The summed E-state index contributed by atoms with van der Waals surface area (Å²) in [6, 6.07) is 0. The summed E-state index contributed by atoms with van der Waals surface area (Å²) in [7, 11) is 0. The van der Waals surface area contributed by atoms with Crippen molar-refractivity contribution in [1.82, 2.24) is 0 Å². The van der Waals surface area contributed by atoms with Crippen molar-refractivity contribution in [3.63, 3.8) is 0 Å². The molecule has 0 spiro atoms. The molecule has 2 atom stereocenters. The molecule has 0 aromatic carbocycles. The number of alkyl halides is 8. The molecule has 1 aliphatic rings. The summed E-state index contributed by atoms with van der Waals surface area (Å²) in [5.74, 6) is -16.1. The van der Waals surface area contributed by atoms with Crippen molar-refractivity contribution >= 4 is 22.6 Å². The first-order valence-corrected chi connectivity index (χ1v) is 4.61. The smallest absolute Gasteiger partial charge is 0.236 e. The second kappa shape index (κ2) is 2.67. The first-order chi connectivity index (χ1) is 5.90. The standard InChI is InChI=1S/C6H4F7I/c1-3(7)2(14)4(8,9)6(12,13)5(3,10)11/h2H,1H3. The fourth-order valence-corrected chi connectivity index (χ4v) is 1.96. The summed E-state index contributed by atoms with van der Waals surface area (Å²) in [4.78, 5) is 0. The summed E-state index contributed by atoms with van der Waals surface area (Å²) < 4.78 is 85.8. The van der Waals surface area contributed by atoms with Crippen LogP contribution in [0.3, 0.4) is 0 Å². The Kier molecular flexibility index (Phi) is 2.35. The van der Waals surface area contributed by atoms with Crippen molar-refractivity contribution in [3.8, 4) is 0 Å². The molecular weight excluding hydrogens is 332 g/mol. The first kappa shape index (κ1) is 12.3. The predicted octanol–water partition coefficient (Wildman–Crippen LogP) is 3.44. The van der Waals surface area contributed by atoms with Crippen LogP contribution in [-0.4, -0.2) is 27.4 Å². The highest BCUT2D eigenvalue weighted by Crippen LogP contribution is 2.64. The number of hydrogen-bond acceptors (Lipinski definition) is 0. The molecule has 8 heteroatoms. The van der Waals surface area contributed by atoms with E-state index in [4.69, 9.17) is 0 Å². The molecule has 0 aromatic rings. The predicted molar refractivity (Wildman–Crippen MR) is 42.2 cm³/mol. The molecule has 0 aliphatic heterocycles. The van der Waals surface area contributed by atoms with Gasteiger partial charge in [-0.3, -0.25) is 0 Å². The van der Waals surface area contributed by atoms with Gasteiger partial charge in [-0.1, -0.05) is 22.6 Å². The Morgan fingerprint density at radius 3 is 1.29 bits per heavy atom. The van der Waals surface area contributed by atoms with Crippen molar-refractivity contribution in [3.05, 3.63) is 0 Å². The van der Waals surface area contributed by atoms with Crippen LogP contribution in [0.25, 0.3) is 0 Å². The minimum absolute atomic E-state index is 0.0545. The van der Waals surface area contributed by atoms with Gasteiger partial charge < -0.3 is 0 Å². The average Bonchev–Trinajstić information content (AvgIpc) is 2.05. The van der Waals surface area contributed by atoms with Crippen LogP contribution < -0.4 is 0 Å². The van der Waals surface area contributed by atoms with Gasteiger partial charge in [0, 0.05) is 0 Å². The lowest BCUT2D eigenvalue weighted by atomic mass is 10.0. The Hall–Kier alpha value is 0.240. The third-order valence-electron chi connectivity index (χ3n) is 2.22. The van der Waals surface area contributed by atoms with E-state index < -0.39 is 27.4 Å². The highest BCUT2D eigenvalue weighted by molar-refractivity contribution is 14.1. The van der Waals surface area contributed by atoms with Crippen molar-refractivity contribution in [2.45, 2.75) is 34.3 Å². The topological polar surface area (TPSA) is 0 Å². The van der Waals surface area contributed by atoms with Gasteiger partial charge in [0.2, 0.25) is 0 Å². The van der Waals surface area contributed by atoms with E-state index in [1.165, 1.54) is 0 Å². The average molecular weight is 336 g/mol. The zero-order chi connectivity index (χ0) is 11.6. The minimum Gasteiger partial charge on any atom is -0.236 e. The number of rotatable bonds is 0. The van der Waals surface area contributed by atoms with Gasteiger partial charge in [0.1, 0.15) is 3.92 Å². The van der Waals surface area contributed by atoms with Gasteiger partial charge >= 0.3 is 17.8 Å². The van der Waals surface area contributed by atoms with Crippen LogP contribution in [0.4, 0.5) is 30.7 Å². The van der Waals surface area contributed by atoms with Gasteiger partial charge in [-0.05, 0) is 6.92 Å². The van der Waals surface area contributed by atoms with E-state index in [2.05, 4.69) is 0 Å². The normalized spacial score (nSPS) is 43.9. The van der Waals surface area contributed by atoms with Crippen molar-refractivity contribution in [2.24, 2.45) is 0 Å². The molecule has 0 nitrogen and oxygen atoms in total. The Balaban J connectivity index is 3.38. The molecule has 1 fully saturated rings. The fraction of sp³-hybridized carbons (Fsp3) is 1.00. The maximum atomic E-state index is 13.1. The van der Waals surface area contributed by atoms with Gasteiger partial charge in [0.15, 0.2) is 5.67 Å². The molecule has 1 aliphatic carbocycles. The van der Waals surface area contributed by atoms with E-state index in [9.17, 15) is 30.7 Å². The van der Waals surface area contributed by atoms with Gasteiger partial charge in [-0.25, -0.2) is 4.39 Å². The quantitative estimate of drug-likeness (QED) is 0.361. The fourth-order valence-electron chi connectivity index (χ4n) is 1.18. The number of hydrogen-bond donors (Lipinski definition) is 0. The molecule has 84 valence electrons. The molecule has 0 heterocycles. The van der Waals surface area contributed by atoms with Gasteiger partial charge in [-0.15, -0.1) is 0 Å². The molecule has 2 unspecified atom stereocenters. The molecule has 0 radical (unpaired) electrons. The zero-order valence-corrected chi connectivity index (χ0v) is 8.76. The molecule has 0 N–H and O–H groups in total. The summed E-state index contributed by atoms with van der Waals surface area (Å²) in [5, 5.41) is 0. The molecule has 0 aromatic heterocycles. The second-order valence-corrected chi connectivity index (χ2v) is 4.46. The third kappa shape index (κ3) is 1.00. The van der Waals surface area contributed by atoms with Crippen molar-refractivity contribution in [2.75, 3.05) is 0 Å². The van der Waals surface area contributed by atoms with E-state index in [-0.39, 0.29) is 6.92 Å². The van der Waals surface area contributed by atoms with Crippen molar-refractivity contribution < 1.29 is 30.7 Å². The molecule has 0 saturated heterocycles. The Morgan fingerprint density at radius 1 is 0.857 bits per heavy atom. The zero-order valence-electron chi connectivity index (χ0n) is 6.60. The van der Waals surface area contributed by atoms with Crippen LogP contribution in [0.2, 0.25) is 0 Å². The molecular formula is C6H4F7I. The Bertz CT molecular complexity index is 233. The van der Waals surface area contributed by atoms with Crippen LogP contribution in [0.1, 0.15) is 6.92 Å². The van der Waals surface area contributed by atoms with Crippen LogP contribution in [0, 0.1) is 0 Å². The molecule has 0 bridgehead atoms. The highest BCUT2D eigenvalue weighted by Gasteiger charge is 2.89. The van der Waals surface area contributed by atoms with E-state index in [0.717, 1.165) is 0 Å². The van der Waals surface area contributed by atoms with Crippen LogP contribution in [0.5, 0.6) is 0 Å². The summed E-state index contributed by atoms with van der Waals surface area (Å²) >= 11 is 0.583. The second-order valence-electron chi connectivity index (χ2n) is 3.21. The van der Waals surface area contributed by atoms with Gasteiger partial charge in [-0.2, -0.15) is 26.3 Å². The summed E-state index contributed by atoms with van der Waals surface area (Å²) in [6.07, 6.45) is 0. The van der Waals surface area contributed by atoms with Gasteiger partial charge in [0.05, 0.1) is 0 Å². The Morgan fingerprint density at radius 2 is 1.21 bits per heavy atom. The summed E-state index contributed by atoms with van der Waals surface area (Å²) in [5.41, 5.74) is -3.93. The van der Waals surface area contributed by atoms with Gasteiger partial charge in [0.25, 0.3) is 0 Å². The summed E-state index contributed by atoms with van der Waals surface area (Å²) in [6.45, 7) is 0.0545. The SMILES string of the molecule is CC1(F)C(I)C(F)(F)C(F)(F)C1(F)F. The van der Waals surface area contributed by atoms with E-state index in [1.54, 1.807) is 0 Å². The molecule has 1 rings (SSSR count). The van der Waals surface area contributed by atoms with Crippen LogP contribution >= 0.6 is 22.6 Å². The van der Waals surface area contributed by atoms with Crippen molar-refractivity contribution in [1.29, 1.82) is 0 Å². The largest absolute Gasteiger partial charge is 0.376 e. The van der Waals surface area contributed by atoms with E-state index in [1.807, 2.05) is 0 Å². The third-order valence-corrected chi connectivity index (χ3v) is 4.17. The lowest BCUT2D eigenvalue weighted by Gasteiger charge is -2.26. The maximum absolute atomic E-state index is 13.1. The van der Waals surface area contributed by atoms with E-state index in [0.29, 0.717) is 22.6 Å². The maximum Gasteiger partial charge on any atom is 0.376 e. The first-order valence-electron chi connectivity index (χ1n) is 3.37.